The Hall–Kier alpha value is -0.0700. The van der Waals surface area contributed by atoms with Gasteiger partial charge in [-0.1, -0.05) is 12.8 Å². The first-order valence-electron chi connectivity index (χ1n) is 8.53. The number of carbonyl (C=O) groups is 1. The highest BCUT2D eigenvalue weighted by Gasteiger charge is 2.49. The van der Waals surface area contributed by atoms with Crippen molar-refractivity contribution < 1.29 is 9.53 Å². The molecule has 2 N–H and O–H groups in total. The van der Waals surface area contributed by atoms with Crippen LogP contribution in [0.5, 0.6) is 0 Å². The normalized spacial score (nSPS) is 34.0. The lowest BCUT2D eigenvalue weighted by atomic mass is 9.67. The molecule has 1 amide bonds. The fourth-order valence-corrected chi connectivity index (χ4v) is 4.27. The van der Waals surface area contributed by atoms with Gasteiger partial charge >= 0.3 is 0 Å². The van der Waals surface area contributed by atoms with Crippen LogP contribution in [0.15, 0.2) is 0 Å². The third-order valence-corrected chi connectivity index (χ3v) is 5.68. The zero-order chi connectivity index (χ0) is 14.7. The lowest BCUT2D eigenvalue weighted by Gasteiger charge is -2.38. The van der Waals surface area contributed by atoms with Gasteiger partial charge in [-0.05, 0) is 32.2 Å². The molecule has 23 heavy (non-hydrogen) atoms. The molecule has 5 nitrogen and oxygen atoms in total. The molecule has 0 radical (unpaired) electrons. The molecule has 0 spiro atoms. The SMILES string of the molecule is CC1COCCN1CCNC(=O)[C@@]12CCCC[C@H]1CNC2.Cl.Cl. The molecule has 1 unspecified atom stereocenters. The van der Waals surface area contributed by atoms with Crippen LogP contribution >= 0.6 is 24.8 Å². The molecule has 0 aromatic rings. The third kappa shape index (κ3) is 4.51. The Morgan fingerprint density at radius 2 is 2.22 bits per heavy atom. The number of morpholine rings is 1. The van der Waals surface area contributed by atoms with Crippen LogP contribution < -0.4 is 10.6 Å². The highest BCUT2D eigenvalue weighted by atomic mass is 35.5. The summed E-state index contributed by atoms with van der Waals surface area (Å²) in [6, 6.07) is 0.462. The number of nitrogens with one attached hydrogen (secondary N) is 2. The van der Waals surface area contributed by atoms with Crippen molar-refractivity contribution in [2.75, 3.05) is 45.9 Å². The van der Waals surface area contributed by atoms with Crippen LogP contribution in [0.25, 0.3) is 0 Å². The molecule has 0 bridgehead atoms. The van der Waals surface area contributed by atoms with E-state index >= 15 is 0 Å². The van der Waals surface area contributed by atoms with Gasteiger partial charge in [0.2, 0.25) is 5.91 Å². The van der Waals surface area contributed by atoms with Crippen LogP contribution in [0.3, 0.4) is 0 Å². The smallest absolute Gasteiger partial charge is 0.227 e. The van der Waals surface area contributed by atoms with E-state index < -0.39 is 0 Å². The Morgan fingerprint density at radius 3 is 3.00 bits per heavy atom. The van der Waals surface area contributed by atoms with Gasteiger partial charge < -0.3 is 15.4 Å². The first kappa shape index (κ1) is 21.0. The minimum absolute atomic E-state index is 0. The number of amides is 1. The van der Waals surface area contributed by atoms with Gasteiger partial charge in [0.1, 0.15) is 0 Å². The molecule has 3 rings (SSSR count). The van der Waals surface area contributed by atoms with Crippen LogP contribution in [-0.2, 0) is 9.53 Å². The first-order valence-corrected chi connectivity index (χ1v) is 8.53. The minimum Gasteiger partial charge on any atom is -0.379 e. The van der Waals surface area contributed by atoms with Gasteiger partial charge in [-0.15, -0.1) is 24.8 Å². The van der Waals surface area contributed by atoms with Gasteiger partial charge in [-0.3, -0.25) is 9.69 Å². The molecular formula is C16H31Cl2N3O2. The van der Waals surface area contributed by atoms with E-state index in [2.05, 4.69) is 22.5 Å². The predicted octanol–water partition coefficient (Wildman–Crippen LogP) is 1.45. The largest absolute Gasteiger partial charge is 0.379 e. The Morgan fingerprint density at radius 1 is 1.39 bits per heavy atom. The molecule has 0 aromatic carbocycles. The summed E-state index contributed by atoms with van der Waals surface area (Å²) in [4.78, 5) is 15.1. The number of fused-ring (bicyclic) bond motifs is 1. The lowest BCUT2D eigenvalue weighted by Crippen LogP contribution is -2.51. The van der Waals surface area contributed by atoms with E-state index in [4.69, 9.17) is 4.74 Å². The van der Waals surface area contributed by atoms with Crippen LogP contribution in [0.4, 0.5) is 0 Å². The van der Waals surface area contributed by atoms with E-state index in [0.29, 0.717) is 12.0 Å². The second-order valence-electron chi connectivity index (χ2n) is 6.95. The summed E-state index contributed by atoms with van der Waals surface area (Å²) < 4.78 is 5.45. The van der Waals surface area contributed by atoms with E-state index in [1.54, 1.807) is 0 Å². The standard InChI is InChI=1S/C16H29N3O2.2ClH/c1-13-11-21-9-8-19(13)7-6-18-15(20)16-5-3-2-4-14(16)10-17-12-16;;/h13-14,17H,2-12H2,1H3,(H,18,20);2*1H/t13?,14-,16+;;/m0../s1. The van der Waals surface area contributed by atoms with E-state index in [1.165, 1.54) is 19.3 Å². The Labute approximate surface area is 152 Å². The number of nitrogens with zero attached hydrogens (tertiary/aromatic N) is 1. The van der Waals surface area contributed by atoms with Crippen molar-refractivity contribution in [3.8, 4) is 0 Å². The number of ether oxygens (including phenoxy) is 1. The van der Waals surface area contributed by atoms with E-state index in [9.17, 15) is 4.79 Å². The van der Waals surface area contributed by atoms with E-state index in [1.807, 2.05) is 0 Å². The number of rotatable bonds is 4. The monoisotopic (exact) mass is 367 g/mol. The lowest BCUT2D eigenvalue weighted by molar-refractivity contribution is -0.134. The molecule has 2 aliphatic heterocycles. The average Bonchev–Trinajstić information content (AvgIpc) is 2.94. The maximum absolute atomic E-state index is 12.7. The summed E-state index contributed by atoms with van der Waals surface area (Å²) in [6.07, 6.45) is 4.75. The van der Waals surface area contributed by atoms with Crippen molar-refractivity contribution in [1.29, 1.82) is 0 Å². The predicted molar refractivity (Wildman–Crippen MR) is 96.6 cm³/mol. The van der Waals surface area contributed by atoms with Crippen molar-refractivity contribution in [2.45, 2.75) is 38.6 Å². The van der Waals surface area contributed by atoms with E-state index in [0.717, 1.165) is 52.4 Å². The van der Waals surface area contributed by atoms with Crippen molar-refractivity contribution in [3.05, 3.63) is 0 Å². The Bertz CT molecular complexity index is 386. The first-order chi connectivity index (χ1) is 10.2. The van der Waals surface area contributed by atoms with Crippen LogP contribution in [0.2, 0.25) is 0 Å². The fourth-order valence-electron chi connectivity index (χ4n) is 4.27. The van der Waals surface area contributed by atoms with Crippen molar-refractivity contribution in [1.82, 2.24) is 15.5 Å². The van der Waals surface area contributed by atoms with Crippen LogP contribution in [-0.4, -0.2) is 62.8 Å². The van der Waals surface area contributed by atoms with Gasteiger partial charge in [-0.25, -0.2) is 0 Å². The zero-order valence-electron chi connectivity index (χ0n) is 14.0. The van der Waals surface area contributed by atoms with Crippen LogP contribution in [0, 0.1) is 11.3 Å². The quantitative estimate of drug-likeness (QED) is 0.789. The molecule has 3 fully saturated rings. The molecule has 7 heteroatoms. The number of halogens is 2. The number of hydrogen-bond acceptors (Lipinski definition) is 4. The maximum Gasteiger partial charge on any atom is 0.227 e. The summed E-state index contributed by atoms with van der Waals surface area (Å²) in [5.74, 6) is 0.840. The number of carbonyl (C=O) groups excluding carboxylic acids is 1. The second-order valence-corrected chi connectivity index (χ2v) is 6.95. The minimum atomic E-state index is -0.116. The third-order valence-electron chi connectivity index (χ3n) is 5.68. The van der Waals surface area contributed by atoms with E-state index in [-0.39, 0.29) is 36.1 Å². The molecule has 0 aromatic heterocycles. The highest BCUT2D eigenvalue weighted by molar-refractivity contribution is 5.85. The zero-order valence-corrected chi connectivity index (χ0v) is 15.6. The summed E-state index contributed by atoms with van der Waals surface area (Å²) in [6.45, 7) is 8.38. The summed E-state index contributed by atoms with van der Waals surface area (Å²) in [5, 5.41) is 6.67. The van der Waals surface area contributed by atoms with Gasteiger partial charge in [0.15, 0.2) is 0 Å². The van der Waals surface area contributed by atoms with Crippen molar-refractivity contribution in [3.63, 3.8) is 0 Å². The van der Waals surface area contributed by atoms with Crippen molar-refractivity contribution >= 4 is 30.7 Å². The maximum atomic E-state index is 12.7. The number of hydrogen-bond donors (Lipinski definition) is 2. The molecule has 3 atom stereocenters. The molecule has 1 saturated carbocycles. The summed E-state index contributed by atoms with van der Waals surface area (Å²) in [5.41, 5.74) is -0.116. The summed E-state index contributed by atoms with van der Waals surface area (Å²) >= 11 is 0. The van der Waals surface area contributed by atoms with Gasteiger partial charge in [0, 0.05) is 32.2 Å². The Kier molecular flexibility index (Phi) is 8.59. The molecule has 2 saturated heterocycles. The Balaban J connectivity index is 0.00000132. The molecule has 2 heterocycles. The molecule has 136 valence electrons. The fraction of sp³-hybridized carbons (Fsp3) is 0.938. The van der Waals surface area contributed by atoms with Gasteiger partial charge in [0.05, 0.1) is 18.6 Å². The second kappa shape index (κ2) is 9.42. The van der Waals surface area contributed by atoms with Gasteiger partial charge in [-0.2, -0.15) is 0 Å². The molecule has 3 aliphatic rings. The van der Waals surface area contributed by atoms with Crippen LogP contribution in [0.1, 0.15) is 32.6 Å². The topological polar surface area (TPSA) is 53.6 Å². The molecular weight excluding hydrogens is 337 g/mol. The van der Waals surface area contributed by atoms with Crippen molar-refractivity contribution in [2.24, 2.45) is 11.3 Å². The highest BCUT2D eigenvalue weighted by Crippen LogP contribution is 2.43. The molecule has 1 aliphatic carbocycles. The average molecular weight is 368 g/mol. The summed E-state index contributed by atoms with van der Waals surface area (Å²) in [7, 11) is 0. The van der Waals surface area contributed by atoms with Gasteiger partial charge in [0.25, 0.3) is 0 Å².